The van der Waals surface area contributed by atoms with Crippen LogP contribution in [0.2, 0.25) is 0 Å². The van der Waals surface area contributed by atoms with Gasteiger partial charge in [-0.05, 0) is 12.1 Å². The zero-order valence-corrected chi connectivity index (χ0v) is 8.62. The predicted molar refractivity (Wildman–Crippen MR) is 57.5 cm³/mol. The van der Waals surface area contributed by atoms with E-state index in [0.29, 0.717) is 5.95 Å². The molecule has 17 heavy (non-hydrogen) atoms. The van der Waals surface area contributed by atoms with Gasteiger partial charge in [-0.15, -0.1) is 0 Å². The van der Waals surface area contributed by atoms with Crippen molar-refractivity contribution in [3.63, 3.8) is 0 Å². The summed E-state index contributed by atoms with van der Waals surface area (Å²) in [7, 11) is 0. The lowest BCUT2D eigenvalue weighted by Gasteiger charge is -1.94. The first-order chi connectivity index (χ1) is 8.24. The third-order valence-corrected chi connectivity index (χ3v) is 2.41. The molecule has 0 aliphatic carbocycles. The number of carbonyl (C=O) groups excluding carboxylic acids is 1. The van der Waals surface area contributed by atoms with E-state index in [4.69, 9.17) is 0 Å². The summed E-state index contributed by atoms with van der Waals surface area (Å²) in [5.41, 5.74) is 1.57. The van der Waals surface area contributed by atoms with E-state index in [1.54, 1.807) is 0 Å². The lowest BCUT2D eigenvalue weighted by Crippen LogP contribution is -2.22. The van der Waals surface area contributed by atoms with Gasteiger partial charge in [-0.3, -0.25) is 4.57 Å². The fraction of sp³-hybridized carbons (Fsp3) is 0. The Morgan fingerprint density at radius 3 is 2.88 bits per heavy atom. The first kappa shape index (κ1) is 9.59. The maximum Gasteiger partial charge on any atom is 0.213 e. The van der Waals surface area contributed by atoms with Crippen molar-refractivity contribution in [3.05, 3.63) is 42.5 Å². The largest absolute Gasteiger partial charge is 0.543 e. The topological polar surface area (TPSA) is 86.6 Å². The Balaban J connectivity index is 2.10. The number of para-hydroxylation sites is 2. The third kappa shape index (κ3) is 1.55. The maximum atomic E-state index is 10.6. The Hall–Kier alpha value is -2.63. The normalized spacial score (nSPS) is 10.8. The van der Waals surface area contributed by atoms with Crippen molar-refractivity contribution >= 4 is 17.0 Å². The zero-order chi connectivity index (χ0) is 11.8. The third-order valence-electron chi connectivity index (χ3n) is 2.41. The highest BCUT2D eigenvalue weighted by atomic mass is 16.4. The van der Waals surface area contributed by atoms with Crippen LogP contribution in [0, 0.1) is 0 Å². The van der Waals surface area contributed by atoms with Gasteiger partial charge in [0.2, 0.25) is 5.95 Å². The lowest BCUT2D eigenvalue weighted by molar-refractivity contribution is -0.255. The molecule has 6 nitrogen and oxygen atoms in total. The first-order valence-corrected chi connectivity index (χ1v) is 4.94. The number of fused-ring (bicyclic) bond motifs is 1. The van der Waals surface area contributed by atoms with E-state index >= 15 is 0 Å². The van der Waals surface area contributed by atoms with Crippen LogP contribution in [0.1, 0.15) is 10.5 Å². The summed E-state index contributed by atoms with van der Waals surface area (Å²) < 4.78 is 1.51. The smallest absolute Gasteiger partial charge is 0.213 e. The molecule has 0 spiro atoms. The second kappa shape index (κ2) is 3.44. The fourth-order valence-corrected chi connectivity index (χ4v) is 1.61. The van der Waals surface area contributed by atoms with Crippen LogP contribution >= 0.6 is 0 Å². The van der Waals surface area contributed by atoms with Gasteiger partial charge in [0, 0.05) is 6.20 Å². The molecule has 0 aliphatic rings. The number of hydrogen-bond donors (Lipinski definition) is 1. The van der Waals surface area contributed by atoms with Crippen LogP contribution < -0.4 is 5.11 Å². The van der Waals surface area contributed by atoms with E-state index in [0.717, 1.165) is 11.0 Å². The zero-order valence-electron chi connectivity index (χ0n) is 8.62. The molecule has 1 N–H and O–H groups in total. The Labute approximate surface area is 95.6 Å². The standard InChI is InChI=1S/C11H8N4O2/c16-10(17)9-5-15(6-12-9)11-13-7-3-1-2-4-8(7)14-11/h1-6H,(H,13,14)(H,16,17)/p-1. The highest BCUT2D eigenvalue weighted by Gasteiger charge is 2.05. The molecule has 0 unspecified atom stereocenters. The number of nitrogens with zero attached hydrogens (tertiary/aromatic N) is 3. The molecule has 2 heterocycles. The predicted octanol–water partition coefficient (Wildman–Crippen LogP) is 0.112. The Morgan fingerprint density at radius 1 is 1.35 bits per heavy atom. The second-order valence-electron chi connectivity index (χ2n) is 3.53. The maximum absolute atomic E-state index is 10.6. The van der Waals surface area contributed by atoms with Crippen LogP contribution in [-0.4, -0.2) is 25.5 Å². The van der Waals surface area contributed by atoms with Crippen molar-refractivity contribution < 1.29 is 9.90 Å². The monoisotopic (exact) mass is 227 g/mol. The summed E-state index contributed by atoms with van der Waals surface area (Å²) in [4.78, 5) is 21.7. The van der Waals surface area contributed by atoms with E-state index in [-0.39, 0.29) is 5.69 Å². The van der Waals surface area contributed by atoms with Crippen molar-refractivity contribution in [2.75, 3.05) is 0 Å². The van der Waals surface area contributed by atoms with Crippen LogP contribution in [-0.2, 0) is 0 Å². The summed E-state index contributed by atoms with van der Waals surface area (Å²) >= 11 is 0. The molecule has 0 radical (unpaired) electrons. The molecule has 0 bridgehead atoms. The van der Waals surface area contributed by atoms with E-state index in [1.807, 2.05) is 24.3 Å². The summed E-state index contributed by atoms with van der Waals surface area (Å²) in [5.74, 6) is -0.786. The minimum Gasteiger partial charge on any atom is -0.543 e. The van der Waals surface area contributed by atoms with Gasteiger partial charge < -0.3 is 14.9 Å². The number of imidazole rings is 2. The van der Waals surface area contributed by atoms with Crippen LogP contribution in [0.3, 0.4) is 0 Å². The van der Waals surface area contributed by atoms with Gasteiger partial charge in [0.1, 0.15) is 12.0 Å². The Morgan fingerprint density at radius 2 is 2.18 bits per heavy atom. The van der Waals surface area contributed by atoms with Crippen LogP contribution in [0.15, 0.2) is 36.8 Å². The minimum absolute atomic E-state index is 0.120. The van der Waals surface area contributed by atoms with Gasteiger partial charge in [0.15, 0.2) is 0 Å². The summed E-state index contributed by atoms with van der Waals surface area (Å²) in [5, 5.41) is 10.6. The van der Waals surface area contributed by atoms with Gasteiger partial charge in [-0.1, -0.05) is 12.1 Å². The number of aromatic amines is 1. The highest BCUT2D eigenvalue weighted by Crippen LogP contribution is 2.13. The molecule has 1 aromatic carbocycles. The van der Waals surface area contributed by atoms with Crippen molar-refractivity contribution in [3.8, 4) is 5.95 Å². The molecular weight excluding hydrogens is 220 g/mol. The van der Waals surface area contributed by atoms with Crippen molar-refractivity contribution in [1.82, 2.24) is 19.5 Å². The number of rotatable bonds is 2. The molecular formula is C11H7N4O2-. The summed E-state index contributed by atoms with van der Waals surface area (Å²) in [6.45, 7) is 0. The minimum atomic E-state index is -1.31. The summed E-state index contributed by atoms with van der Waals surface area (Å²) in [6.07, 6.45) is 2.73. The number of aromatic carboxylic acids is 1. The summed E-state index contributed by atoms with van der Waals surface area (Å²) in [6, 6.07) is 7.53. The molecule has 0 atom stereocenters. The molecule has 2 aromatic heterocycles. The number of hydrogen-bond acceptors (Lipinski definition) is 4. The van der Waals surface area contributed by atoms with Gasteiger partial charge >= 0.3 is 0 Å². The first-order valence-electron chi connectivity index (χ1n) is 4.94. The molecule has 84 valence electrons. The number of aromatic nitrogens is 4. The molecule has 3 rings (SSSR count). The quantitative estimate of drug-likeness (QED) is 0.673. The van der Waals surface area contributed by atoms with E-state index < -0.39 is 5.97 Å². The molecule has 0 aliphatic heterocycles. The molecule has 0 saturated heterocycles. The number of benzene rings is 1. The van der Waals surface area contributed by atoms with E-state index in [2.05, 4.69) is 15.0 Å². The number of carboxylic acid groups (broad SMARTS) is 1. The van der Waals surface area contributed by atoms with Crippen LogP contribution in [0.5, 0.6) is 0 Å². The highest BCUT2D eigenvalue weighted by molar-refractivity contribution is 5.83. The number of nitrogens with one attached hydrogen (secondary N) is 1. The van der Waals surface area contributed by atoms with Crippen molar-refractivity contribution in [2.45, 2.75) is 0 Å². The number of carboxylic acids is 1. The van der Waals surface area contributed by atoms with E-state index in [9.17, 15) is 9.90 Å². The average Bonchev–Trinajstić information content (AvgIpc) is 2.95. The van der Waals surface area contributed by atoms with E-state index in [1.165, 1.54) is 17.1 Å². The molecule has 0 saturated carbocycles. The van der Waals surface area contributed by atoms with Crippen LogP contribution in [0.25, 0.3) is 17.0 Å². The average molecular weight is 227 g/mol. The SMILES string of the molecule is O=C([O-])c1cn(-c2nc3ccccc3[nH]2)cn1. The number of carbonyl (C=O) groups is 1. The van der Waals surface area contributed by atoms with Crippen molar-refractivity contribution in [2.24, 2.45) is 0 Å². The Kier molecular flexibility index (Phi) is 1.94. The van der Waals surface area contributed by atoms with Gasteiger partial charge in [0.05, 0.1) is 17.0 Å². The van der Waals surface area contributed by atoms with Gasteiger partial charge in [0.25, 0.3) is 0 Å². The second-order valence-corrected chi connectivity index (χ2v) is 3.53. The van der Waals surface area contributed by atoms with Gasteiger partial charge in [-0.25, -0.2) is 9.97 Å². The van der Waals surface area contributed by atoms with Gasteiger partial charge in [-0.2, -0.15) is 0 Å². The molecule has 0 amide bonds. The molecule has 6 heteroatoms. The molecule has 0 fully saturated rings. The van der Waals surface area contributed by atoms with Crippen molar-refractivity contribution in [1.29, 1.82) is 0 Å². The number of H-pyrrole nitrogens is 1. The molecule has 3 aromatic rings. The Bertz CT molecular complexity index is 665. The lowest BCUT2D eigenvalue weighted by atomic mass is 10.3. The van der Waals surface area contributed by atoms with Crippen LogP contribution in [0.4, 0.5) is 0 Å². The fourth-order valence-electron chi connectivity index (χ4n) is 1.61.